The van der Waals surface area contributed by atoms with E-state index in [1.165, 1.54) is 11.0 Å². The molecule has 5 heteroatoms. The molecule has 1 aliphatic rings. The summed E-state index contributed by atoms with van der Waals surface area (Å²) < 4.78 is 0. The molecule has 0 spiro atoms. The summed E-state index contributed by atoms with van der Waals surface area (Å²) in [7, 11) is 1.66. The third-order valence-corrected chi connectivity index (χ3v) is 5.13. The van der Waals surface area contributed by atoms with Gasteiger partial charge in [0.2, 0.25) is 5.91 Å². The smallest absolute Gasteiger partial charge is 0.251 e. The molecule has 2 aromatic rings. The zero-order chi connectivity index (χ0) is 19.4. The van der Waals surface area contributed by atoms with Crippen molar-refractivity contribution < 1.29 is 9.59 Å². The number of carbonyl (C=O) groups is 2. The second kappa shape index (κ2) is 7.46. The van der Waals surface area contributed by atoms with E-state index in [0.717, 1.165) is 24.8 Å². The number of rotatable bonds is 5. The molecule has 2 amide bonds. The van der Waals surface area contributed by atoms with Crippen LogP contribution in [0.1, 0.15) is 40.7 Å². The molecule has 1 saturated carbocycles. The second-order valence-electron chi connectivity index (χ2n) is 6.73. The summed E-state index contributed by atoms with van der Waals surface area (Å²) >= 11 is 0. The first-order chi connectivity index (χ1) is 13.0. The molecule has 1 aliphatic carbocycles. The van der Waals surface area contributed by atoms with Crippen LogP contribution in [0.15, 0.2) is 61.2 Å². The van der Waals surface area contributed by atoms with Crippen molar-refractivity contribution in [3.05, 3.63) is 77.9 Å². The van der Waals surface area contributed by atoms with Crippen LogP contribution in [0.5, 0.6) is 0 Å². The van der Waals surface area contributed by atoms with Gasteiger partial charge in [0.15, 0.2) is 0 Å². The third kappa shape index (κ3) is 3.61. The first-order valence-electron chi connectivity index (χ1n) is 8.82. The quantitative estimate of drug-likeness (QED) is 0.830. The molecule has 3 rings (SSSR count). The summed E-state index contributed by atoms with van der Waals surface area (Å²) in [6, 6.07) is 16.4. The molecule has 0 saturated heterocycles. The Kier molecular flexibility index (Phi) is 5.09. The molecular weight excluding hydrogens is 338 g/mol. The van der Waals surface area contributed by atoms with E-state index >= 15 is 0 Å². The Bertz CT molecular complexity index is 921. The first kappa shape index (κ1) is 18.4. The van der Waals surface area contributed by atoms with Crippen molar-refractivity contribution in [1.29, 1.82) is 5.26 Å². The normalized spacial score (nSPS) is 14.4. The molecule has 0 atom stereocenters. The Morgan fingerprint density at radius 2 is 1.93 bits per heavy atom. The summed E-state index contributed by atoms with van der Waals surface area (Å²) in [5.74, 6) is -0.376. The fraction of sp³-hybridized carbons (Fsp3) is 0.227. The van der Waals surface area contributed by atoms with Crippen LogP contribution in [0.2, 0.25) is 0 Å². The molecule has 0 radical (unpaired) electrons. The Balaban J connectivity index is 1.78. The van der Waals surface area contributed by atoms with E-state index in [1.54, 1.807) is 37.4 Å². The lowest BCUT2D eigenvalue weighted by Gasteiger charge is -2.43. The largest absolute Gasteiger partial charge is 0.343 e. The van der Waals surface area contributed by atoms with E-state index in [0.29, 0.717) is 16.8 Å². The molecular formula is C22H21N3O2. The summed E-state index contributed by atoms with van der Waals surface area (Å²) in [5, 5.41) is 12.3. The van der Waals surface area contributed by atoms with E-state index in [4.69, 9.17) is 5.26 Å². The zero-order valence-electron chi connectivity index (χ0n) is 15.2. The van der Waals surface area contributed by atoms with E-state index in [1.807, 2.05) is 18.2 Å². The van der Waals surface area contributed by atoms with Crippen molar-refractivity contribution >= 4 is 17.5 Å². The topological polar surface area (TPSA) is 73.2 Å². The summed E-state index contributed by atoms with van der Waals surface area (Å²) in [4.78, 5) is 25.9. The van der Waals surface area contributed by atoms with Gasteiger partial charge in [0.05, 0.1) is 17.2 Å². The van der Waals surface area contributed by atoms with Crippen LogP contribution < -0.4 is 10.2 Å². The number of benzene rings is 2. The molecule has 0 aromatic heterocycles. The van der Waals surface area contributed by atoms with E-state index in [-0.39, 0.29) is 11.8 Å². The van der Waals surface area contributed by atoms with Gasteiger partial charge in [0, 0.05) is 18.3 Å². The van der Waals surface area contributed by atoms with Crippen LogP contribution in [0, 0.1) is 11.3 Å². The van der Waals surface area contributed by atoms with Gasteiger partial charge in [-0.15, -0.1) is 0 Å². The van der Waals surface area contributed by atoms with Crippen LogP contribution in [-0.2, 0) is 10.3 Å². The van der Waals surface area contributed by atoms with Gasteiger partial charge in [-0.25, -0.2) is 0 Å². The lowest BCUT2D eigenvalue weighted by molar-refractivity contribution is -0.113. The van der Waals surface area contributed by atoms with Crippen molar-refractivity contribution in [2.24, 2.45) is 0 Å². The van der Waals surface area contributed by atoms with E-state index in [9.17, 15) is 9.59 Å². The molecule has 0 unspecified atom stereocenters. The minimum Gasteiger partial charge on any atom is -0.343 e. The SMILES string of the molecule is C=CC(=O)N(C)c1ccc(C(=O)NC2(c3cccc(C#N)c3)CCC2)cc1. The Morgan fingerprint density at radius 3 is 2.48 bits per heavy atom. The summed E-state index contributed by atoms with van der Waals surface area (Å²) in [5.41, 5.74) is 2.36. The number of nitrogens with one attached hydrogen (secondary N) is 1. The number of hydrogen-bond acceptors (Lipinski definition) is 3. The van der Waals surface area contributed by atoms with Gasteiger partial charge in [-0.3, -0.25) is 9.59 Å². The number of nitrogens with zero attached hydrogens (tertiary/aromatic N) is 2. The van der Waals surface area contributed by atoms with Crippen LogP contribution in [-0.4, -0.2) is 18.9 Å². The van der Waals surface area contributed by atoms with Gasteiger partial charge in [-0.2, -0.15) is 5.26 Å². The van der Waals surface area contributed by atoms with Crippen molar-refractivity contribution in [2.45, 2.75) is 24.8 Å². The molecule has 0 heterocycles. The van der Waals surface area contributed by atoms with Gasteiger partial charge in [-0.1, -0.05) is 18.7 Å². The monoisotopic (exact) mass is 359 g/mol. The molecule has 1 N–H and O–H groups in total. The predicted octanol–water partition coefficient (Wildman–Crippen LogP) is 3.52. The van der Waals surface area contributed by atoms with Crippen LogP contribution in [0.25, 0.3) is 0 Å². The summed E-state index contributed by atoms with van der Waals surface area (Å²) in [6.45, 7) is 3.47. The maximum atomic E-state index is 12.8. The highest BCUT2D eigenvalue weighted by Gasteiger charge is 2.40. The van der Waals surface area contributed by atoms with Gasteiger partial charge in [-0.05, 0) is 67.3 Å². The predicted molar refractivity (Wildman–Crippen MR) is 104 cm³/mol. The lowest BCUT2D eigenvalue weighted by atomic mass is 9.71. The third-order valence-electron chi connectivity index (χ3n) is 5.13. The zero-order valence-corrected chi connectivity index (χ0v) is 15.2. The maximum Gasteiger partial charge on any atom is 0.251 e. The Hall–Kier alpha value is -3.39. The highest BCUT2D eigenvalue weighted by atomic mass is 16.2. The standard InChI is InChI=1S/C22H21N3O2/c1-3-20(26)25(2)19-10-8-17(9-11-19)21(27)24-22(12-5-13-22)18-7-4-6-16(14-18)15-23/h3-4,6-11,14H,1,5,12-13H2,2H3,(H,24,27). The number of amides is 2. The number of carbonyl (C=O) groups excluding carboxylic acids is 2. The Labute approximate surface area is 158 Å². The van der Waals surface area contributed by atoms with Gasteiger partial charge in [0.1, 0.15) is 0 Å². The highest BCUT2D eigenvalue weighted by Crippen LogP contribution is 2.41. The second-order valence-corrected chi connectivity index (χ2v) is 6.73. The molecule has 136 valence electrons. The lowest BCUT2D eigenvalue weighted by Crippen LogP contribution is -2.50. The molecule has 2 aromatic carbocycles. The summed E-state index contributed by atoms with van der Waals surface area (Å²) in [6.07, 6.45) is 3.98. The minimum atomic E-state index is -0.418. The molecule has 27 heavy (non-hydrogen) atoms. The minimum absolute atomic E-state index is 0.165. The van der Waals surface area contributed by atoms with Crippen molar-refractivity contribution in [3.8, 4) is 6.07 Å². The van der Waals surface area contributed by atoms with Crippen molar-refractivity contribution in [1.82, 2.24) is 5.32 Å². The average Bonchev–Trinajstić information content (AvgIpc) is 2.69. The maximum absolute atomic E-state index is 12.8. The Morgan fingerprint density at radius 1 is 1.22 bits per heavy atom. The van der Waals surface area contributed by atoms with Gasteiger partial charge >= 0.3 is 0 Å². The number of hydrogen-bond donors (Lipinski definition) is 1. The molecule has 1 fully saturated rings. The van der Waals surface area contributed by atoms with Crippen molar-refractivity contribution in [3.63, 3.8) is 0 Å². The number of anilines is 1. The molecule has 0 aliphatic heterocycles. The van der Waals surface area contributed by atoms with E-state index in [2.05, 4.69) is 18.0 Å². The molecule has 0 bridgehead atoms. The fourth-order valence-corrected chi connectivity index (χ4v) is 3.29. The average molecular weight is 359 g/mol. The van der Waals surface area contributed by atoms with Crippen LogP contribution in [0.3, 0.4) is 0 Å². The van der Waals surface area contributed by atoms with E-state index < -0.39 is 5.54 Å². The van der Waals surface area contributed by atoms with Crippen LogP contribution in [0.4, 0.5) is 5.69 Å². The molecule has 5 nitrogen and oxygen atoms in total. The number of nitriles is 1. The first-order valence-corrected chi connectivity index (χ1v) is 8.82. The van der Waals surface area contributed by atoms with Gasteiger partial charge in [0.25, 0.3) is 5.91 Å². The number of likely N-dealkylation sites (N-methyl/N-ethyl adjacent to an activating group) is 1. The van der Waals surface area contributed by atoms with Crippen molar-refractivity contribution in [2.75, 3.05) is 11.9 Å². The highest BCUT2D eigenvalue weighted by molar-refractivity contribution is 6.01. The fourth-order valence-electron chi connectivity index (χ4n) is 3.29. The van der Waals surface area contributed by atoms with Gasteiger partial charge < -0.3 is 10.2 Å². The van der Waals surface area contributed by atoms with Crippen LogP contribution >= 0.6 is 0 Å².